The van der Waals surface area contributed by atoms with Gasteiger partial charge in [0.1, 0.15) is 11.6 Å². The minimum atomic E-state index is -0.823. The van der Waals surface area contributed by atoms with E-state index in [2.05, 4.69) is 52.9 Å². The highest BCUT2D eigenvalue weighted by atomic mass is 16.6. The highest BCUT2D eigenvalue weighted by Crippen LogP contribution is 2.29. The lowest BCUT2D eigenvalue weighted by atomic mass is 10.0. The van der Waals surface area contributed by atoms with Gasteiger partial charge in [-0.25, -0.2) is 4.79 Å². The second-order valence-electron chi connectivity index (χ2n) is 9.12. The Bertz CT molecular complexity index is 1290. The van der Waals surface area contributed by atoms with Gasteiger partial charge < -0.3 is 14.0 Å². The van der Waals surface area contributed by atoms with Crippen molar-refractivity contribution in [3.8, 4) is 17.1 Å². The number of benzene rings is 3. The summed E-state index contributed by atoms with van der Waals surface area (Å²) < 4.78 is 13.6. The lowest BCUT2D eigenvalue weighted by Gasteiger charge is -2.20. The zero-order valence-corrected chi connectivity index (χ0v) is 21.9. The fourth-order valence-corrected chi connectivity index (χ4v) is 4.43. The number of aromatic nitrogens is 3. The molecule has 37 heavy (non-hydrogen) atoms. The number of aryl methyl sites for hydroxylation is 2. The number of ether oxygens (including phenoxy) is 2. The Balaban J connectivity index is 1.66. The third-order valence-electron chi connectivity index (χ3n) is 6.36. The van der Waals surface area contributed by atoms with Crippen LogP contribution in [-0.2, 0) is 28.9 Å². The van der Waals surface area contributed by atoms with Crippen LogP contribution in [0.5, 0.6) is 5.75 Å². The predicted octanol–water partition coefficient (Wildman–Crippen LogP) is 6.58. The first kappa shape index (κ1) is 26.1. The van der Waals surface area contributed by atoms with Crippen molar-refractivity contribution in [3.05, 3.63) is 101 Å². The smallest absolute Gasteiger partial charge is 0.351 e. The van der Waals surface area contributed by atoms with Gasteiger partial charge in [0.2, 0.25) is 6.10 Å². The van der Waals surface area contributed by atoms with Crippen molar-refractivity contribution in [2.45, 2.75) is 58.6 Å². The molecule has 6 heteroatoms. The molecule has 1 unspecified atom stereocenters. The first-order valence-electron chi connectivity index (χ1n) is 13.0. The van der Waals surface area contributed by atoms with Crippen LogP contribution in [0.15, 0.2) is 78.9 Å². The van der Waals surface area contributed by atoms with Crippen molar-refractivity contribution < 1.29 is 14.3 Å². The van der Waals surface area contributed by atoms with Gasteiger partial charge >= 0.3 is 5.97 Å². The predicted molar refractivity (Wildman–Crippen MR) is 145 cm³/mol. The van der Waals surface area contributed by atoms with Gasteiger partial charge in [-0.3, -0.25) is 0 Å². The van der Waals surface area contributed by atoms with Crippen LogP contribution in [0.1, 0.15) is 61.7 Å². The first-order chi connectivity index (χ1) is 18.1. The maximum Gasteiger partial charge on any atom is 0.351 e. The third kappa shape index (κ3) is 6.45. The number of carbonyl (C=O) groups excluding carboxylic acids is 1. The van der Waals surface area contributed by atoms with Crippen molar-refractivity contribution in [1.82, 2.24) is 14.8 Å². The van der Waals surface area contributed by atoms with Gasteiger partial charge in [-0.2, -0.15) is 0 Å². The van der Waals surface area contributed by atoms with E-state index in [9.17, 15) is 4.79 Å². The number of hydrogen-bond acceptors (Lipinski definition) is 5. The maximum atomic E-state index is 12.6. The molecule has 0 saturated carbocycles. The fraction of sp³-hybridized carbons (Fsp3) is 0.323. The maximum absolute atomic E-state index is 12.6. The molecule has 0 radical (unpaired) electrons. The molecular formula is C31H35N3O3. The molecule has 3 aromatic carbocycles. The number of nitrogens with zero attached hydrogens (tertiary/aromatic N) is 3. The van der Waals surface area contributed by atoms with E-state index in [0.717, 1.165) is 66.0 Å². The van der Waals surface area contributed by atoms with Crippen LogP contribution in [-0.4, -0.2) is 27.8 Å². The summed E-state index contributed by atoms with van der Waals surface area (Å²) in [6, 6.07) is 25.9. The van der Waals surface area contributed by atoms with E-state index in [4.69, 9.17) is 9.47 Å². The van der Waals surface area contributed by atoms with Crippen molar-refractivity contribution in [2.24, 2.45) is 0 Å². The fourth-order valence-electron chi connectivity index (χ4n) is 4.43. The number of unbranched alkanes of at least 4 members (excludes halogenated alkanes) is 1. The van der Waals surface area contributed by atoms with Gasteiger partial charge in [0.15, 0.2) is 5.82 Å². The van der Waals surface area contributed by atoms with Gasteiger partial charge in [0.05, 0.1) is 13.7 Å². The molecule has 1 aromatic heterocycles. The molecule has 0 amide bonds. The average molecular weight is 498 g/mol. The van der Waals surface area contributed by atoms with Crippen LogP contribution in [0.3, 0.4) is 0 Å². The molecule has 192 valence electrons. The van der Waals surface area contributed by atoms with Crippen LogP contribution < -0.4 is 4.74 Å². The van der Waals surface area contributed by atoms with Crippen molar-refractivity contribution in [3.63, 3.8) is 0 Å². The first-order valence-corrected chi connectivity index (χ1v) is 13.0. The van der Waals surface area contributed by atoms with Crippen LogP contribution in [0.2, 0.25) is 0 Å². The summed E-state index contributed by atoms with van der Waals surface area (Å²) in [5.74, 6) is 2.14. The molecular weight excluding hydrogens is 462 g/mol. The van der Waals surface area contributed by atoms with Gasteiger partial charge in [0.25, 0.3) is 0 Å². The molecule has 0 bridgehead atoms. The molecule has 0 saturated heterocycles. The monoisotopic (exact) mass is 497 g/mol. The summed E-state index contributed by atoms with van der Waals surface area (Å²) in [7, 11) is 1.39. The minimum absolute atomic E-state index is 0.421. The summed E-state index contributed by atoms with van der Waals surface area (Å²) >= 11 is 0. The zero-order valence-electron chi connectivity index (χ0n) is 21.9. The largest absolute Gasteiger partial charge is 0.474 e. The van der Waals surface area contributed by atoms with Crippen LogP contribution in [0.4, 0.5) is 0 Å². The Labute approximate surface area is 219 Å². The number of esters is 1. The SMILES string of the molecule is CCCCc1nnc(-c2ccccc2)n1Cc1ccc(OC(C(=O)OC)c2ccccc2)c(CCC)c1. The number of rotatable bonds is 12. The Hall–Kier alpha value is -3.93. The Morgan fingerprint density at radius 2 is 1.62 bits per heavy atom. The van der Waals surface area contributed by atoms with Crippen molar-refractivity contribution in [2.75, 3.05) is 7.11 Å². The van der Waals surface area contributed by atoms with Crippen molar-refractivity contribution >= 4 is 5.97 Å². The Kier molecular flexibility index (Phi) is 9.08. The minimum Gasteiger partial charge on any atom is -0.474 e. The normalized spacial score (nSPS) is 11.8. The van der Waals surface area contributed by atoms with Crippen molar-refractivity contribution in [1.29, 1.82) is 0 Å². The van der Waals surface area contributed by atoms with E-state index < -0.39 is 12.1 Å². The molecule has 0 fully saturated rings. The third-order valence-corrected chi connectivity index (χ3v) is 6.36. The second-order valence-corrected chi connectivity index (χ2v) is 9.12. The average Bonchev–Trinajstić information content (AvgIpc) is 3.34. The van der Waals surface area contributed by atoms with Crippen LogP contribution in [0, 0.1) is 0 Å². The summed E-state index contributed by atoms with van der Waals surface area (Å²) in [5, 5.41) is 9.09. The number of methoxy groups -OCH3 is 1. The molecule has 1 atom stereocenters. The van der Waals surface area contributed by atoms with Crippen LogP contribution >= 0.6 is 0 Å². The molecule has 1 heterocycles. The molecule has 0 aliphatic heterocycles. The molecule has 0 aliphatic carbocycles. The van der Waals surface area contributed by atoms with E-state index in [1.807, 2.05) is 54.6 Å². The standard InChI is InChI=1S/C31H35N3O3/c1-4-6-18-28-32-33-30(25-16-11-8-12-17-25)34(28)22-23-19-20-27(26(21-23)13-5-2)37-29(31(35)36-3)24-14-9-7-10-15-24/h7-12,14-17,19-21,29H,4-6,13,18,22H2,1-3H3. The van der Waals surface area contributed by atoms with E-state index in [-0.39, 0.29) is 0 Å². The quantitative estimate of drug-likeness (QED) is 0.207. The lowest BCUT2D eigenvalue weighted by Crippen LogP contribution is -2.20. The topological polar surface area (TPSA) is 66.2 Å². The number of hydrogen-bond donors (Lipinski definition) is 0. The molecule has 4 aromatic rings. The Morgan fingerprint density at radius 1 is 0.892 bits per heavy atom. The van der Waals surface area contributed by atoms with Gasteiger partial charge in [-0.1, -0.05) is 99.5 Å². The molecule has 0 N–H and O–H groups in total. The van der Waals surface area contributed by atoms with Crippen LogP contribution in [0.25, 0.3) is 11.4 Å². The van der Waals surface area contributed by atoms with Gasteiger partial charge in [0, 0.05) is 17.5 Å². The van der Waals surface area contributed by atoms with E-state index >= 15 is 0 Å². The highest BCUT2D eigenvalue weighted by Gasteiger charge is 2.24. The molecule has 0 spiro atoms. The Morgan fingerprint density at radius 3 is 2.30 bits per heavy atom. The summed E-state index contributed by atoms with van der Waals surface area (Å²) in [6.45, 7) is 4.99. The zero-order chi connectivity index (χ0) is 26.0. The van der Waals surface area contributed by atoms with E-state index in [1.165, 1.54) is 7.11 Å². The van der Waals surface area contributed by atoms with E-state index in [0.29, 0.717) is 12.3 Å². The molecule has 6 nitrogen and oxygen atoms in total. The summed E-state index contributed by atoms with van der Waals surface area (Å²) in [5.41, 5.74) is 4.02. The molecule has 4 rings (SSSR count). The molecule has 0 aliphatic rings. The summed E-state index contributed by atoms with van der Waals surface area (Å²) in [4.78, 5) is 12.6. The van der Waals surface area contributed by atoms with Gasteiger partial charge in [-0.05, 0) is 30.0 Å². The number of carbonyl (C=O) groups is 1. The highest BCUT2D eigenvalue weighted by molar-refractivity contribution is 5.77. The second kappa shape index (κ2) is 12.9. The lowest BCUT2D eigenvalue weighted by molar-refractivity contribution is -0.149. The summed E-state index contributed by atoms with van der Waals surface area (Å²) in [6.07, 6.45) is 4.02. The van der Waals surface area contributed by atoms with Gasteiger partial charge in [-0.15, -0.1) is 10.2 Å². The van der Waals surface area contributed by atoms with E-state index in [1.54, 1.807) is 0 Å².